The highest BCUT2D eigenvalue weighted by molar-refractivity contribution is 9.10. The maximum absolute atomic E-state index is 6.00. The first-order chi connectivity index (χ1) is 9.19. The molecule has 0 spiro atoms. The predicted octanol–water partition coefficient (Wildman–Crippen LogP) is 3.49. The van der Waals surface area contributed by atoms with Crippen LogP contribution in [0.15, 0.2) is 22.7 Å². The van der Waals surface area contributed by atoms with Crippen molar-refractivity contribution in [3.8, 4) is 5.75 Å². The lowest BCUT2D eigenvalue weighted by Crippen LogP contribution is -2.21. The van der Waals surface area contributed by atoms with E-state index in [4.69, 9.17) is 15.2 Å². The second-order valence-electron chi connectivity index (χ2n) is 5.20. The number of rotatable bonds is 8. The smallest absolute Gasteiger partial charge is 0.189 e. The summed E-state index contributed by atoms with van der Waals surface area (Å²) in [6, 6.07) is 6.19. The Balaban J connectivity index is 1.83. The zero-order valence-corrected chi connectivity index (χ0v) is 13.0. The molecule has 0 bridgehead atoms. The van der Waals surface area contributed by atoms with E-state index < -0.39 is 0 Å². The molecule has 1 aliphatic carbocycles. The van der Waals surface area contributed by atoms with Crippen molar-refractivity contribution in [2.45, 2.75) is 38.6 Å². The Bertz CT molecular complexity index is 407. The van der Waals surface area contributed by atoms with Crippen molar-refractivity contribution >= 4 is 15.9 Å². The maximum atomic E-state index is 6.00. The summed E-state index contributed by atoms with van der Waals surface area (Å²) >= 11 is 3.55. The molecule has 1 aromatic carbocycles. The fraction of sp³-hybridized carbons (Fsp3) is 0.600. The van der Waals surface area contributed by atoms with Crippen LogP contribution in [-0.2, 0) is 11.2 Å². The van der Waals surface area contributed by atoms with Crippen LogP contribution in [0, 0.1) is 5.92 Å². The van der Waals surface area contributed by atoms with Gasteiger partial charge in [-0.1, -0.05) is 22.9 Å². The van der Waals surface area contributed by atoms with Gasteiger partial charge in [-0.3, -0.25) is 0 Å². The molecule has 0 amide bonds. The zero-order chi connectivity index (χ0) is 13.7. The molecule has 4 heteroatoms. The van der Waals surface area contributed by atoms with Gasteiger partial charge < -0.3 is 15.2 Å². The molecule has 106 valence electrons. The molecule has 19 heavy (non-hydrogen) atoms. The van der Waals surface area contributed by atoms with Gasteiger partial charge in [0.1, 0.15) is 5.75 Å². The summed E-state index contributed by atoms with van der Waals surface area (Å²) in [6.07, 6.45) is 4.44. The summed E-state index contributed by atoms with van der Waals surface area (Å²) in [5, 5.41) is 0. The van der Waals surface area contributed by atoms with Gasteiger partial charge in [0.05, 0.1) is 6.61 Å². The van der Waals surface area contributed by atoms with Crippen LogP contribution in [0.3, 0.4) is 0 Å². The standard InChI is InChI=1S/C15H22BrNO2/c1-2-13(17)7-12-8-14(5-6-15(12)16)19-10-18-9-11-3-4-11/h5-6,8,11,13H,2-4,7,9-10,17H2,1H3. The van der Waals surface area contributed by atoms with Crippen LogP contribution < -0.4 is 10.5 Å². The Hall–Kier alpha value is -0.580. The topological polar surface area (TPSA) is 44.5 Å². The Labute approximate surface area is 123 Å². The van der Waals surface area contributed by atoms with E-state index >= 15 is 0 Å². The molecular weight excluding hydrogens is 306 g/mol. The summed E-state index contributed by atoms with van der Waals surface area (Å²) in [6.45, 7) is 3.26. The molecule has 0 heterocycles. The van der Waals surface area contributed by atoms with Crippen LogP contribution in [0.25, 0.3) is 0 Å². The van der Waals surface area contributed by atoms with E-state index in [9.17, 15) is 0 Å². The van der Waals surface area contributed by atoms with E-state index in [1.54, 1.807) is 0 Å². The Morgan fingerprint density at radius 1 is 1.42 bits per heavy atom. The summed E-state index contributed by atoms with van der Waals surface area (Å²) < 4.78 is 12.2. The third kappa shape index (κ3) is 5.13. The Kier molecular flexibility index (Phi) is 5.67. The van der Waals surface area contributed by atoms with Crippen LogP contribution in [0.2, 0.25) is 0 Å². The van der Waals surface area contributed by atoms with Crippen molar-refractivity contribution in [2.75, 3.05) is 13.4 Å². The van der Waals surface area contributed by atoms with E-state index in [0.717, 1.165) is 35.6 Å². The summed E-state index contributed by atoms with van der Waals surface area (Å²) in [5.41, 5.74) is 7.19. The molecule has 2 N–H and O–H groups in total. The molecule has 0 saturated heterocycles. The van der Waals surface area contributed by atoms with Crippen LogP contribution in [0.4, 0.5) is 0 Å². The van der Waals surface area contributed by atoms with E-state index in [1.807, 2.05) is 18.2 Å². The normalized spacial score (nSPS) is 16.4. The molecule has 0 aliphatic heterocycles. The Morgan fingerprint density at radius 3 is 2.89 bits per heavy atom. The maximum Gasteiger partial charge on any atom is 0.189 e. The SMILES string of the molecule is CCC(N)Cc1cc(OCOCC2CC2)ccc1Br. The number of benzene rings is 1. The molecule has 1 atom stereocenters. The van der Waals surface area contributed by atoms with Crippen LogP contribution >= 0.6 is 15.9 Å². The predicted molar refractivity (Wildman–Crippen MR) is 80.3 cm³/mol. The molecule has 2 rings (SSSR count). The van der Waals surface area contributed by atoms with E-state index in [2.05, 4.69) is 22.9 Å². The van der Waals surface area contributed by atoms with Crippen LogP contribution in [0.5, 0.6) is 5.75 Å². The van der Waals surface area contributed by atoms with Gasteiger partial charge in [0.15, 0.2) is 6.79 Å². The summed E-state index contributed by atoms with van der Waals surface area (Å²) in [7, 11) is 0. The van der Waals surface area contributed by atoms with Crippen LogP contribution in [0.1, 0.15) is 31.7 Å². The van der Waals surface area contributed by atoms with Crippen molar-refractivity contribution in [3.05, 3.63) is 28.2 Å². The fourth-order valence-electron chi connectivity index (χ4n) is 1.83. The fourth-order valence-corrected chi connectivity index (χ4v) is 2.24. The molecule has 1 aromatic rings. The van der Waals surface area contributed by atoms with Crippen molar-refractivity contribution in [1.29, 1.82) is 0 Å². The van der Waals surface area contributed by atoms with Crippen molar-refractivity contribution in [1.82, 2.24) is 0 Å². The number of hydrogen-bond acceptors (Lipinski definition) is 3. The lowest BCUT2D eigenvalue weighted by molar-refractivity contribution is 0.00994. The summed E-state index contributed by atoms with van der Waals surface area (Å²) in [4.78, 5) is 0. The zero-order valence-electron chi connectivity index (χ0n) is 11.4. The quantitative estimate of drug-likeness (QED) is 0.587. The molecule has 3 nitrogen and oxygen atoms in total. The second kappa shape index (κ2) is 7.27. The minimum Gasteiger partial charge on any atom is -0.468 e. The van der Waals surface area contributed by atoms with Gasteiger partial charge in [0.2, 0.25) is 0 Å². The minimum absolute atomic E-state index is 0.192. The van der Waals surface area contributed by atoms with Crippen molar-refractivity contribution in [2.24, 2.45) is 11.7 Å². The number of hydrogen-bond donors (Lipinski definition) is 1. The lowest BCUT2D eigenvalue weighted by Gasteiger charge is -2.13. The molecule has 0 radical (unpaired) electrons. The first-order valence-corrected chi connectivity index (χ1v) is 7.73. The van der Waals surface area contributed by atoms with Gasteiger partial charge >= 0.3 is 0 Å². The van der Waals surface area contributed by atoms with Crippen molar-refractivity contribution in [3.63, 3.8) is 0 Å². The monoisotopic (exact) mass is 327 g/mol. The van der Waals surface area contributed by atoms with Crippen LogP contribution in [-0.4, -0.2) is 19.4 Å². The number of ether oxygens (including phenoxy) is 2. The molecular formula is C15H22BrNO2. The van der Waals surface area contributed by atoms with Gasteiger partial charge in [-0.05, 0) is 55.4 Å². The van der Waals surface area contributed by atoms with Gasteiger partial charge in [0, 0.05) is 10.5 Å². The van der Waals surface area contributed by atoms with E-state index in [1.165, 1.54) is 18.4 Å². The average molecular weight is 328 g/mol. The highest BCUT2D eigenvalue weighted by Crippen LogP contribution is 2.29. The molecule has 1 unspecified atom stereocenters. The largest absolute Gasteiger partial charge is 0.468 e. The second-order valence-corrected chi connectivity index (χ2v) is 6.06. The molecule has 0 aromatic heterocycles. The molecule has 1 saturated carbocycles. The van der Waals surface area contributed by atoms with Crippen molar-refractivity contribution < 1.29 is 9.47 Å². The first kappa shape index (κ1) is 14.8. The average Bonchev–Trinajstić information content (AvgIpc) is 3.22. The Morgan fingerprint density at radius 2 is 2.21 bits per heavy atom. The van der Waals surface area contributed by atoms with E-state index in [0.29, 0.717) is 6.79 Å². The highest BCUT2D eigenvalue weighted by atomic mass is 79.9. The first-order valence-electron chi connectivity index (χ1n) is 6.93. The highest BCUT2D eigenvalue weighted by Gasteiger charge is 2.21. The number of halogens is 1. The van der Waals surface area contributed by atoms with Gasteiger partial charge in [0.25, 0.3) is 0 Å². The molecule has 1 aliphatic rings. The lowest BCUT2D eigenvalue weighted by atomic mass is 10.0. The van der Waals surface area contributed by atoms with E-state index in [-0.39, 0.29) is 6.04 Å². The third-order valence-corrected chi connectivity index (χ3v) is 4.16. The summed E-state index contributed by atoms with van der Waals surface area (Å²) in [5.74, 6) is 1.61. The minimum atomic E-state index is 0.192. The molecule has 1 fully saturated rings. The van der Waals surface area contributed by atoms with Gasteiger partial charge in [-0.25, -0.2) is 0 Å². The number of nitrogens with two attached hydrogens (primary N) is 1. The van der Waals surface area contributed by atoms with Gasteiger partial charge in [-0.15, -0.1) is 0 Å². The van der Waals surface area contributed by atoms with Gasteiger partial charge in [-0.2, -0.15) is 0 Å². The third-order valence-electron chi connectivity index (χ3n) is 3.38.